The first-order valence-corrected chi connectivity index (χ1v) is 7.28. The lowest BCUT2D eigenvalue weighted by Gasteiger charge is -2.14. The number of ether oxygens (including phenoxy) is 1. The third-order valence-corrected chi connectivity index (χ3v) is 4.61. The predicted molar refractivity (Wildman–Crippen MR) is 73.4 cm³/mol. The molecule has 0 spiro atoms. The van der Waals surface area contributed by atoms with E-state index in [2.05, 4.69) is 16.8 Å². The van der Waals surface area contributed by atoms with Crippen LogP contribution in [0.2, 0.25) is 0 Å². The molecule has 1 aromatic heterocycles. The molecular formula is C13H20N2O2S. The van der Waals surface area contributed by atoms with Gasteiger partial charge in [-0.15, -0.1) is 0 Å². The summed E-state index contributed by atoms with van der Waals surface area (Å²) >= 11 is 1.45. The lowest BCUT2D eigenvalue weighted by Crippen LogP contribution is -2.19. The van der Waals surface area contributed by atoms with E-state index >= 15 is 0 Å². The number of hydrogen-bond acceptors (Lipinski definition) is 5. The Morgan fingerprint density at radius 1 is 1.61 bits per heavy atom. The van der Waals surface area contributed by atoms with Crippen molar-refractivity contribution in [2.24, 2.45) is 5.92 Å². The van der Waals surface area contributed by atoms with E-state index in [0.717, 1.165) is 29.8 Å². The molecule has 18 heavy (non-hydrogen) atoms. The van der Waals surface area contributed by atoms with Crippen LogP contribution in [0.25, 0.3) is 0 Å². The zero-order valence-corrected chi connectivity index (χ0v) is 12.0. The fraction of sp³-hybridized carbons (Fsp3) is 0.692. The Bertz CT molecular complexity index is 431. The molecule has 0 amide bonds. The molecule has 5 heteroatoms. The first-order chi connectivity index (χ1) is 8.65. The van der Waals surface area contributed by atoms with Crippen LogP contribution in [-0.2, 0) is 4.74 Å². The van der Waals surface area contributed by atoms with Crippen LogP contribution >= 0.6 is 11.3 Å². The minimum absolute atomic E-state index is 0.277. The number of aromatic nitrogens is 1. The molecular weight excluding hydrogens is 248 g/mol. The van der Waals surface area contributed by atoms with Crippen molar-refractivity contribution in [3.05, 3.63) is 10.6 Å². The summed E-state index contributed by atoms with van der Waals surface area (Å²) in [5.41, 5.74) is 0.779. The summed E-state index contributed by atoms with van der Waals surface area (Å²) in [6.45, 7) is 6.22. The van der Waals surface area contributed by atoms with Crippen molar-refractivity contribution in [2.45, 2.75) is 33.1 Å². The third-order valence-electron chi connectivity index (χ3n) is 3.41. The van der Waals surface area contributed by atoms with Crippen LogP contribution in [-0.4, -0.2) is 31.2 Å². The maximum absolute atomic E-state index is 11.6. The van der Waals surface area contributed by atoms with Gasteiger partial charge in [-0.05, 0) is 25.7 Å². The van der Waals surface area contributed by atoms with Crippen LogP contribution in [0.1, 0.15) is 41.6 Å². The van der Waals surface area contributed by atoms with Crippen LogP contribution in [0.3, 0.4) is 0 Å². The zero-order chi connectivity index (χ0) is 13.1. The van der Waals surface area contributed by atoms with Gasteiger partial charge in [0.2, 0.25) is 0 Å². The second kappa shape index (κ2) is 5.69. The molecule has 0 N–H and O–H groups in total. The van der Waals surface area contributed by atoms with E-state index in [1.54, 1.807) is 0 Å². The predicted octanol–water partition coefficient (Wildman–Crippen LogP) is 2.86. The molecule has 1 saturated heterocycles. The van der Waals surface area contributed by atoms with Gasteiger partial charge >= 0.3 is 5.97 Å². The Morgan fingerprint density at radius 3 is 3.06 bits per heavy atom. The molecule has 0 saturated carbocycles. The van der Waals surface area contributed by atoms with E-state index in [1.807, 2.05) is 6.92 Å². The molecule has 0 bridgehead atoms. The summed E-state index contributed by atoms with van der Waals surface area (Å²) in [7, 11) is 1.41. The average molecular weight is 268 g/mol. The molecule has 0 aliphatic carbocycles. The van der Waals surface area contributed by atoms with Crippen LogP contribution in [0.5, 0.6) is 0 Å². The fourth-order valence-electron chi connectivity index (χ4n) is 2.45. The Kier molecular flexibility index (Phi) is 4.22. The van der Waals surface area contributed by atoms with Crippen molar-refractivity contribution in [3.8, 4) is 0 Å². The van der Waals surface area contributed by atoms with Gasteiger partial charge in [0.1, 0.15) is 4.88 Å². The quantitative estimate of drug-likeness (QED) is 0.787. The number of methoxy groups -OCH3 is 1. The lowest BCUT2D eigenvalue weighted by atomic mass is 10.0. The monoisotopic (exact) mass is 268 g/mol. The average Bonchev–Trinajstić information content (AvgIpc) is 2.95. The summed E-state index contributed by atoms with van der Waals surface area (Å²) < 4.78 is 4.77. The van der Waals surface area contributed by atoms with E-state index in [9.17, 15) is 4.79 Å². The van der Waals surface area contributed by atoms with Gasteiger partial charge in [-0.25, -0.2) is 9.78 Å². The number of carbonyl (C=O) groups excluding carboxylic acids is 1. The van der Waals surface area contributed by atoms with Gasteiger partial charge in [-0.1, -0.05) is 24.7 Å². The molecule has 1 aromatic rings. The van der Waals surface area contributed by atoms with E-state index in [-0.39, 0.29) is 5.97 Å². The maximum atomic E-state index is 11.6. The molecule has 4 nitrogen and oxygen atoms in total. The molecule has 0 radical (unpaired) electrons. The smallest absolute Gasteiger partial charge is 0.350 e. The van der Waals surface area contributed by atoms with E-state index in [1.165, 1.54) is 37.7 Å². The Morgan fingerprint density at radius 2 is 2.39 bits per heavy atom. The zero-order valence-electron chi connectivity index (χ0n) is 11.2. The number of thiazole rings is 1. The van der Waals surface area contributed by atoms with Crippen LogP contribution < -0.4 is 4.90 Å². The molecule has 1 aliphatic rings. The molecule has 2 rings (SSSR count). The largest absolute Gasteiger partial charge is 0.465 e. The number of esters is 1. The van der Waals surface area contributed by atoms with E-state index < -0.39 is 0 Å². The fourth-order valence-corrected chi connectivity index (χ4v) is 3.47. The van der Waals surface area contributed by atoms with Crippen molar-refractivity contribution in [1.29, 1.82) is 0 Å². The van der Waals surface area contributed by atoms with Gasteiger partial charge in [0, 0.05) is 13.1 Å². The summed E-state index contributed by atoms with van der Waals surface area (Å²) in [6, 6.07) is 0. The van der Waals surface area contributed by atoms with Crippen molar-refractivity contribution < 1.29 is 9.53 Å². The number of aryl methyl sites for hydroxylation is 1. The summed E-state index contributed by atoms with van der Waals surface area (Å²) in [5.74, 6) is 0.501. The van der Waals surface area contributed by atoms with Crippen molar-refractivity contribution >= 4 is 22.4 Å². The van der Waals surface area contributed by atoms with E-state index in [4.69, 9.17) is 4.74 Å². The van der Waals surface area contributed by atoms with Gasteiger partial charge in [0.05, 0.1) is 12.8 Å². The topological polar surface area (TPSA) is 42.4 Å². The molecule has 1 fully saturated rings. The van der Waals surface area contributed by atoms with Gasteiger partial charge in [-0.2, -0.15) is 0 Å². The Hall–Kier alpha value is -1.10. The lowest BCUT2D eigenvalue weighted by molar-refractivity contribution is 0.0605. The van der Waals surface area contributed by atoms with Gasteiger partial charge in [-0.3, -0.25) is 0 Å². The molecule has 100 valence electrons. The number of nitrogens with zero attached hydrogens (tertiary/aromatic N) is 2. The van der Waals surface area contributed by atoms with Gasteiger partial charge < -0.3 is 9.64 Å². The van der Waals surface area contributed by atoms with E-state index in [0.29, 0.717) is 4.88 Å². The van der Waals surface area contributed by atoms with Crippen molar-refractivity contribution in [3.63, 3.8) is 0 Å². The van der Waals surface area contributed by atoms with Crippen molar-refractivity contribution in [2.75, 3.05) is 25.1 Å². The molecule has 2 heterocycles. The Balaban J connectivity index is 2.08. The normalized spacial score (nSPS) is 19.3. The number of carbonyl (C=O) groups is 1. The van der Waals surface area contributed by atoms with Crippen LogP contribution in [0.15, 0.2) is 0 Å². The van der Waals surface area contributed by atoms with Gasteiger partial charge in [0.25, 0.3) is 0 Å². The molecule has 1 aliphatic heterocycles. The minimum Gasteiger partial charge on any atom is -0.465 e. The third kappa shape index (κ3) is 2.66. The van der Waals surface area contributed by atoms with Crippen LogP contribution in [0, 0.1) is 12.8 Å². The molecule has 1 atom stereocenters. The maximum Gasteiger partial charge on any atom is 0.350 e. The van der Waals surface area contributed by atoms with Crippen LogP contribution in [0.4, 0.5) is 5.13 Å². The highest BCUT2D eigenvalue weighted by Gasteiger charge is 2.26. The first-order valence-electron chi connectivity index (χ1n) is 6.46. The highest BCUT2D eigenvalue weighted by atomic mass is 32.1. The number of anilines is 1. The Labute approximate surface area is 112 Å². The second-order valence-corrected chi connectivity index (χ2v) is 5.77. The standard InChI is InChI=1S/C13H20N2O2S/c1-4-5-10-6-7-15(8-10)13-14-9(2)11(18-13)12(16)17-3/h10H,4-8H2,1-3H3. The highest BCUT2D eigenvalue weighted by Crippen LogP contribution is 2.31. The minimum atomic E-state index is -0.277. The van der Waals surface area contributed by atoms with Crippen molar-refractivity contribution in [1.82, 2.24) is 4.98 Å². The number of hydrogen-bond donors (Lipinski definition) is 0. The molecule has 1 unspecified atom stereocenters. The number of rotatable bonds is 4. The summed E-state index contributed by atoms with van der Waals surface area (Å²) in [6.07, 6.45) is 3.76. The second-order valence-electron chi connectivity index (χ2n) is 4.79. The SMILES string of the molecule is CCCC1CCN(c2nc(C)c(C(=O)OC)s2)C1. The first kappa shape index (κ1) is 13.3. The van der Waals surface area contributed by atoms with Gasteiger partial charge in [0.15, 0.2) is 5.13 Å². The summed E-state index contributed by atoms with van der Waals surface area (Å²) in [5, 5.41) is 0.964. The highest BCUT2D eigenvalue weighted by molar-refractivity contribution is 7.17. The summed E-state index contributed by atoms with van der Waals surface area (Å²) in [4.78, 5) is 19.0. The molecule has 0 aromatic carbocycles.